The van der Waals surface area contributed by atoms with Crippen LogP contribution in [0.4, 0.5) is 5.82 Å². The first-order chi connectivity index (χ1) is 8.06. The van der Waals surface area contributed by atoms with Gasteiger partial charge in [-0.15, -0.1) is 0 Å². The average molecular weight is 252 g/mol. The van der Waals surface area contributed by atoms with Gasteiger partial charge in [0.15, 0.2) is 0 Å². The molecule has 17 heavy (non-hydrogen) atoms. The quantitative estimate of drug-likeness (QED) is 0.807. The van der Waals surface area contributed by atoms with E-state index in [1.54, 1.807) is 11.8 Å². The Morgan fingerprint density at radius 1 is 1.71 bits per heavy atom. The van der Waals surface area contributed by atoms with Crippen LogP contribution in [0.25, 0.3) is 0 Å². The number of carbonyl (C=O) groups is 1. The Labute approximate surface area is 105 Å². The van der Waals surface area contributed by atoms with Crippen LogP contribution in [0.15, 0.2) is 6.20 Å². The standard InChI is InChI=1S/C11H16N4OS/c1-8(2)7-17-4-3-10(16)15-11(13)9(5-12)6-14-15/h6,8H,3-4,7,13H2,1-2H3. The maximum Gasteiger partial charge on any atom is 0.249 e. The van der Waals surface area contributed by atoms with Crippen molar-refractivity contribution in [3.8, 4) is 6.07 Å². The molecule has 0 aliphatic heterocycles. The Kier molecular flexibility index (Phi) is 5.04. The number of nitriles is 1. The molecule has 0 aromatic carbocycles. The summed E-state index contributed by atoms with van der Waals surface area (Å²) in [5, 5.41) is 12.5. The summed E-state index contributed by atoms with van der Waals surface area (Å²) in [6, 6.07) is 1.89. The second-order valence-corrected chi connectivity index (χ2v) is 5.23. The van der Waals surface area contributed by atoms with Gasteiger partial charge in [-0.25, -0.2) is 0 Å². The van der Waals surface area contributed by atoms with E-state index in [9.17, 15) is 4.79 Å². The number of hydrogen-bond acceptors (Lipinski definition) is 5. The highest BCUT2D eigenvalue weighted by molar-refractivity contribution is 7.99. The van der Waals surface area contributed by atoms with Crippen LogP contribution in [-0.4, -0.2) is 27.2 Å². The first kappa shape index (κ1) is 13.6. The fourth-order valence-corrected chi connectivity index (χ4v) is 2.18. The van der Waals surface area contributed by atoms with Gasteiger partial charge in [-0.1, -0.05) is 13.8 Å². The molecule has 0 fully saturated rings. The van der Waals surface area contributed by atoms with E-state index in [-0.39, 0.29) is 17.3 Å². The third-order valence-electron chi connectivity index (χ3n) is 2.07. The molecular formula is C11H16N4OS. The first-order valence-corrected chi connectivity index (χ1v) is 6.56. The summed E-state index contributed by atoms with van der Waals surface area (Å²) in [6.07, 6.45) is 1.70. The lowest BCUT2D eigenvalue weighted by Gasteiger charge is -2.05. The zero-order valence-corrected chi connectivity index (χ0v) is 10.8. The summed E-state index contributed by atoms with van der Waals surface area (Å²) >= 11 is 1.73. The van der Waals surface area contributed by atoms with E-state index in [1.165, 1.54) is 6.20 Å². The highest BCUT2D eigenvalue weighted by Crippen LogP contribution is 2.12. The van der Waals surface area contributed by atoms with Crippen LogP contribution in [0.1, 0.15) is 30.6 Å². The first-order valence-electron chi connectivity index (χ1n) is 5.40. The monoisotopic (exact) mass is 252 g/mol. The third kappa shape index (κ3) is 3.79. The molecular weight excluding hydrogens is 236 g/mol. The molecule has 0 aliphatic carbocycles. The SMILES string of the molecule is CC(C)CSCCC(=O)n1ncc(C#N)c1N. The van der Waals surface area contributed by atoms with Gasteiger partial charge < -0.3 is 5.73 Å². The number of rotatable bonds is 5. The molecule has 1 aromatic heterocycles. The highest BCUT2D eigenvalue weighted by Gasteiger charge is 2.13. The molecule has 0 radical (unpaired) electrons. The molecule has 6 heteroatoms. The van der Waals surface area contributed by atoms with Gasteiger partial charge in [0.2, 0.25) is 5.91 Å². The lowest BCUT2D eigenvalue weighted by molar-refractivity contribution is 0.0897. The highest BCUT2D eigenvalue weighted by atomic mass is 32.2. The van der Waals surface area contributed by atoms with Crippen LogP contribution in [-0.2, 0) is 0 Å². The second-order valence-electron chi connectivity index (χ2n) is 4.08. The summed E-state index contributed by atoms with van der Waals surface area (Å²) in [5.74, 6) is 2.37. The third-order valence-corrected chi connectivity index (χ3v) is 3.47. The summed E-state index contributed by atoms with van der Waals surface area (Å²) in [4.78, 5) is 11.7. The van der Waals surface area contributed by atoms with Crippen LogP contribution in [0, 0.1) is 17.2 Å². The Morgan fingerprint density at radius 3 is 2.94 bits per heavy atom. The van der Waals surface area contributed by atoms with Crippen molar-refractivity contribution in [2.45, 2.75) is 20.3 Å². The van der Waals surface area contributed by atoms with Gasteiger partial charge in [-0.05, 0) is 11.7 Å². The number of anilines is 1. The van der Waals surface area contributed by atoms with Crippen LogP contribution in [0.2, 0.25) is 0 Å². The van der Waals surface area contributed by atoms with Crippen molar-refractivity contribution in [2.24, 2.45) is 5.92 Å². The molecule has 0 spiro atoms. The van der Waals surface area contributed by atoms with E-state index in [0.717, 1.165) is 16.2 Å². The lowest BCUT2D eigenvalue weighted by atomic mass is 10.3. The van der Waals surface area contributed by atoms with E-state index in [1.807, 2.05) is 6.07 Å². The van der Waals surface area contributed by atoms with Gasteiger partial charge in [0, 0.05) is 12.2 Å². The van der Waals surface area contributed by atoms with Crippen molar-refractivity contribution in [3.05, 3.63) is 11.8 Å². The van der Waals surface area contributed by atoms with Crippen LogP contribution < -0.4 is 5.73 Å². The molecule has 0 atom stereocenters. The van der Waals surface area contributed by atoms with Gasteiger partial charge in [-0.2, -0.15) is 26.8 Å². The number of thioether (sulfide) groups is 1. The van der Waals surface area contributed by atoms with Crippen molar-refractivity contribution >= 4 is 23.5 Å². The van der Waals surface area contributed by atoms with E-state index in [2.05, 4.69) is 18.9 Å². The minimum atomic E-state index is -0.166. The van der Waals surface area contributed by atoms with Gasteiger partial charge in [0.25, 0.3) is 0 Å². The smallest absolute Gasteiger partial charge is 0.249 e. The zero-order valence-electron chi connectivity index (χ0n) is 10.0. The van der Waals surface area contributed by atoms with E-state index < -0.39 is 0 Å². The molecule has 0 bridgehead atoms. The molecule has 1 aromatic rings. The normalized spacial score (nSPS) is 10.5. The van der Waals surface area contributed by atoms with E-state index in [4.69, 9.17) is 11.0 Å². The second kappa shape index (κ2) is 6.30. The maximum absolute atomic E-state index is 11.7. The van der Waals surface area contributed by atoms with Gasteiger partial charge in [0.1, 0.15) is 17.5 Å². The van der Waals surface area contributed by atoms with Gasteiger partial charge in [0.05, 0.1) is 6.20 Å². The Hall–Kier alpha value is -1.48. The maximum atomic E-state index is 11.7. The molecule has 92 valence electrons. The van der Waals surface area contributed by atoms with E-state index >= 15 is 0 Å². The largest absolute Gasteiger partial charge is 0.382 e. The Balaban J connectivity index is 2.48. The Bertz CT molecular complexity index is 433. The van der Waals surface area contributed by atoms with Gasteiger partial charge >= 0.3 is 0 Å². The number of nitrogens with two attached hydrogens (primary N) is 1. The van der Waals surface area contributed by atoms with Crippen LogP contribution in [0.5, 0.6) is 0 Å². The average Bonchev–Trinajstić information content (AvgIpc) is 2.65. The molecule has 5 nitrogen and oxygen atoms in total. The molecule has 0 amide bonds. The molecule has 0 saturated heterocycles. The van der Waals surface area contributed by atoms with Crippen molar-refractivity contribution in [1.29, 1.82) is 5.26 Å². The fraction of sp³-hybridized carbons (Fsp3) is 0.545. The number of nitrogen functional groups attached to an aromatic ring is 1. The molecule has 0 aliphatic rings. The minimum absolute atomic E-state index is 0.131. The number of hydrogen-bond donors (Lipinski definition) is 1. The van der Waals surface area contributed by atoms with Crippen molar-refractivity contribution in [1.82, 2.24) is 9.78 Å². The number of nitrogens with zero attached hydrogens (tertiary/aromatic N) is 3. The van der Waals surface area contributed by atoms with E-state index in [0.29, 0.717) is 12.3 Å². The summed E-state index contributed by atoms with van der Waals surface area (Å²) in [5.41, 5.74) is 5.86. The Morgan fingerprint density at radius 2 is 2.41 bits per heavy atom. The predicted molar refractivity (Wildman–Crippen MR) is 68.8 cm³/mol. The molecule has 1 heterocycles. The van der Waals surface area contributed by atoms with Crippen molar-refractivity contribution in [3.63, 3.8) is 0 Å². The summed E-state index contributed by atoms with van der Waals surface area (Å²) < 4.78 is 1.11. The molecule has 0 unspecified atom stereocenters. The van der Waals surface area contributed by atoms with Gasteiger partial charge in [-0.3, -0.25) is 4.79 Å². The van der Waals surface area contributed by atoms with Crippen LogP contribution >= 0.6 is 11.8 Å². The van der Waals surface area contributed by atoms with Crippen molar-refractivity contribution < 1.29 is 4.79 Å². The fourth-order valence-electron chi connectivity index (χ4n) is 1.23. The molecule has 1 rings (SSSR count). The zero-order chi connectivity index (χ0) is 12.8. The van der Waals surface area contributed by atoms with Crippen molar-refractivity contribution in [2.75, 3.05) is 17.2 Å². The minimum Gasteiger partial charge on any atom is -0.382 e. The molecule has 2 N–H and O–H groups in total. The molecule has 0 saturated carbocycles. The lowest BCUT2D eigenvalue weighted by Crippen LogP contribution is -2.16. The summed E-state index contributed by atoms with van der Waals surface area (Å²) in [7, 11) is 0. The predicted octanol–water partition coefficient (Wildman–Crippen LogP) is 1.76. The number of carbonyl (C=O) groups excluding carboxylic acids is 1. The topological polar surface area (TPSA) is 84.7 Å². The summed E-state index contributed by atoms with van der Waals surface area (Å²) in [6.45, 7) is 4.28. The number of aromatic nitrogens is 2. The van der Waals surface area contributed by atoms with Crippen LogP contribution in [0.3, 0.4) is 0 Å².